The molecular formula is C22H24BrN3O4. The van der Waals surface area contributed by atoms with Crippen molar-refractivity contribution in [1.82, 2.24) is 14.9 Å². The van der Waals surface area contributed by atoms with Gasteiger partial charge in [0.1, 0.15) is 23.9 Å². The minimum atomic E-state index is -0.253. The van der Waals surface area contributed by atoms with Crippen LogP contribution in [0.4, 0.5) is 0 Å². The molecule has 30 heavy (non-hydrogen) atoms. The van der Waals surface area contributed by atoms with Crippen LogP contribution in [0.15, 0.2) is 45.5 Å². The highest BCUT2D eigenvalue weighted by Crippen LogP contribution is 2.40. The van der Waals surface area contributed by atoms with Gasteiger partial charge in [0.05, 0.1) is 11.6 Å². The van der Waals surface area contributed by atoms with Gasteiger partial charge in [-0.05, 0) is 41.7 Å². The van der Waals surface area contributed by atoms with Crippen LogP contribution in [0.2, 0.25) is 0 Å². The Kier molecular flexibility index (Phi) is 6.34. The van der Waals surface area contributed by atoms with E-state index in [-0.39, 0.29) is 18.1 Å². The molecule has 8 heteroatoms. The van der Waals surface area contributed by atoms with Crippen molar-refractivity contribution in [2.45, 2.75) is 38.3 Å². The molecule has 0 spiro atoms. The Balaban J connectivity index is 1.59. The first-order valence-electron chi connectivity index (χ1n) is 10.1. The standard InChI is InChI=1S/C22H24BrN3O4/c1-3-16(22(27)28-2)26-11-7-10-15(12-26)29-20-17-18(23)19(14-8-5-4-6-9-14)30-21(17)25-13-24-20/h4-6,8-9,13,15-16H,3,7,10-12H2,1-2H3/t15-,16?/m0/s1. The van der Waals surface area contributed by atoms with Gasteiger partial charge in [-0.15, -0.1) is 0 Å². The Morgan fingerprint density at radius 1 is 1.33 bits per heavy atom. The Labute approximate surface area is 183 Å². The van der Waals surface area contributed by atoms with Crippen LogP contribution in [-0.2, 0) is 9.53 Å². The van der Waals surface area contributed by atoms with Gasteiger partial charge in [-0.3, -0.25) is 9.69 Å². The number of aromatic nitrogens is 2. The van der Waals surface area contributed by atoms with Gasteiger partial charge in [0.2, 0.25) is 11.6 Å². The monoisotopic (exact) mass is 473 g/mol. The van der Waals surface area contributed by atoms with E-state index in [1.54, 1.807) is 0 Å². The Morgan fingerprint density at radius 2 is 2.13 bits per heavy atom. The van der Waals surface area contributed by atoms with Crippen LogP contribution in [0.25, 0.3) is 22.4 Å². The molecule has 3 heterocycles. The first-order chi connectivity index (χ1) is 14.6. The first kappa shape index (κ1) is 20.8. The average molecular weight is 474 g/mol. The van der Waals surface area contributed by atoms with E-state index in [1.165, 1.54) is 13.4 Å². The van der Waals surface area contributed by atoms with Crippen LogP contribution < -0.4 is 4.74 Å². The van der Waals surface area contributed by atoms with Gasteiger partial charge < -0.3 is 13.9 Å². The predicted octanol–water partition coefficient (Wildman–Crippen LogP) is 4.45. The van der Waals surface area contributed by atoms with Crippen LogP contribution >= 0.6 is 15.9 Å². The smallest absolute Gasteiger partial charge is 0.323 e. The van der Waals surface area contributed by atoms with E-state index in [0.717, 1.165) is 29.4 Å². The SMILES string of the molecule is CCC(C(=O)OC)N1CCC[C@H](Oc2ncnc3oc(-c4ccccc4)c(Br)c23)C1. The largest absolute Gasteiger partial charge is 0.472 e. The van der Waals surface area contributed by atoms with Crippen molar-refractivity contribution < 1.29 is 18.7 Å². The van der Waals surface area contributed by atoms with E-state index in [2.05, 4.69) is 30.8 Å². The number of fused-ring (bicyclic) bond motifs is 1. The Morgan fingerprint density at radius 3 is 2.87 bits per heavy atom. The highest BCUT2D eigenvalue weighted by Gasteiger charge is 2.31. The minimum Gasteiger partial charge on any atom is -0.472 e. The van der Waals surface area contributed by atoms with Crippen molar-refractivity contribution in [3.63, 3.8) is 0 Å². The third-order valence-corrected chi connectivity index (χ3v) is 6.18. The maximum atomic E-state index is 12.1. The summed E-state index contributed by atoms with van der Waals surface area (Å²) in [6.07, 6.45) is 3.89. The number of esters is 1. The van der Waals surface area contributed by atoms with Gasteiger partial charge in [-0.2, -0.15) is 0 Å². The first-order valence-corrected chi connectivity index (χ1v) is 10.9. The Hall–Kier alpha value is -2.45. The maximum Gasteiger partial charge on any atom is 0.323 e. The van der Waals surface area contributed by atoms with Crippen molar-refractivity contribution in [2.75, 3.05) is 20.2 Å². The van der Waals surface area contributed by atoms with Gasteiger partial charge in [0.25, 0.3) is 0 Å². The van der Waals surface area contributed by atoms with E-state index in [4.69, 9.17) is 13.9 Å². The fourth-order valence-corrected chi connectivity index (χ4v) is 4.60. The van der Waals surface area contributed by atoms with Gasteiger partial charge >= 0.3 is 5.97 Å². The predicted molar refractivity (Wildman–Crippen MR) is 116 cm³/mol. The highest BCUT2D eigenvalue weighted by atomic mass is 79.9. The van der Waals surface area contributed by atoms with E-state index in [0.29, 0.717) is 35.7 Å². The summed E-state index contributed by atoms with van der Waals surface area (Å²) in [6, 6.07) is 9.58. The average Bonchev–Trinajstić information content (AvgIpc) is 3.12. The number of nitrogens with zero attached hydrogens (tertiary/aromatic N) is 3. The summed E-state index contributed by atoms with van der Waals surface area (Å²) in [7, 11) is 1.43. The molecule has 0 aliphatic carbocycles. The molecule has 1 unspecified atom stereocenters. The number of furan rings is 1. The minimum absolute atomic E-state index is 0.0856. The number of ether oxygens (including phenoxy) is 2. The molecule has 1 aromatic carbocycles. The van der Waals surface area contributed by atoms with Crippen molar-refractivity contribution in [3.8, 4) is 17.2 Å². The van der Waals surface area contributed by atoms with Crippen LogP contribution in [0.3, 0.4) is 0 Å². The number of piperidine rings is 1. The molecular weight excluding hydrogens is 450 g/mol. The van der Waals surface area contributed by atoms with Crippen molar-refractivity contribution in [3.05, 3.63) is 41.1 Å². The summed E-state index contributed by atoms with van der Waals surface area (Å²) in [5.74, 6) is 0.974. The molecule has 4 rings (SSSR count). The molecule has 2 atom stereocenters. The Bertz CT molecular complexity index is 1020. The maximum absolute atomic E-state index is 12.1. The number of rotatable bonds is 6. The van der Waals surface area contributed by atoms with Crippen LogP contribution in [0.1, 0.15) is 26.2 Å². The van der Waals surface area contributed by atoms with E-state index in [1.807, 2.05) is 37.3 Å². The van der Waals surface area contributed by atoms with E-state index >= 15 is 0 Å². The molecule has 0 radical (unpaired) electrons. The lowest BCUT2D eigenvalue weighted by molar-refractivity contribution is -0.148. The van der Waals surface area contributed by atoms with E-state index in [9.17, 15) is 4.79 Å². The molecule has 2 aromatic heterocycles. The molecule has 0 amide bonds. The zero-order valence-electron chi connectivity index (χ0n) is 17.0. The fourth-order valence-electron chi connectivity index (χ4n) is 3.95. The van der Waals surface area contributed by atoms with Gasteiger partial charge in [0, 0.05) is 12.1 Å². The summed E-state index contributed by atoms with van der Waals surface area (Å²) < 4.78 is 18.0. The highest BCUT2D eigenvalue weighted by molar-refractivity contribution is 9.10. The topological polar surface area (TPSA) is 77.7 Å². The molecule has 158 valence electrons. The number of carbonyl (C=O) groups is 1. The summed E-state index contributed by atoms with van der Waals surface area (Å²) in [5, 5.41) is 0.716. The molecule has 1 fully saturated rings. The number of likely N-dealkylation sites (tertiary alicyclic amines) is 1. The molecule has 3 aromatic rings. The van der Waals surface area contributed by atoms with Gasteiger partial charge in [0.15, 0.2) is 5.76 Å². The number of benzene rings is 1. The van der Waals surface area contributed by atoms with Crippen molar-refractivity contribution in [1.29, 1.82) is 0 Å². The van der Waals surface area contributed by atoms with Gasteiger partial charge in [-0.1, -0.05) is 37.3 Å². The fraction of sp³-hybridized carbons (Fsp3) is 0.409. The molecule has 1 aliphatic heterocycles. The number of halogens is 1. The summed E-state index contributed by atoms with van der Waals surface area (Å²) in [6.45, 7) is 3.48. The molecule has 0 N–H and O–H groups in total. The lowest BCUT2D eigenvalue weighted by atomic mass is 10.0. The number of carbonyl (C=O) groups excluding carboxylic acids is 1. The normalized spacial score (nSPS) is 18.3. The third-order valence-electron chi connectivity index (χ3n) is 5.42. The van der Waals surface area contributed by atoms with Crippen LogP contribution in [-0.4, -0.2) is 53.2 Å². The summed E-state index contributed by atoms with van der Waals surface area (Å²) >= 11 is 3.65. The zero-order chi connectivity index (χ0) is 21.1. The number of hydrogen-bond acceptors (Lipinski definition) is 7. The number of hydrogen-bond donors (Lipinski definition) is 0. The summed E-state index contributed by atoms with van der Waals surface area (Å²) in [4.78, 5) is 22.9. The molecule has 1 aliphatic rings. The second-order valence-electron chi connectivity index (χ2n) is 7.29. The lowest BCUT2D eigenvalue weighted by Gasteiger charge is -2.36. The molecule has 1 saturated heterocycles. The summed E-state index contributed by atoms with van der Waals surface area (Å²) in [5.41, 5.74) is 1.42. The number of methoxy groups -OCH3 is 1. The lowest BCUT2D eigenvalue weighted by Crippen LogP contribution is -2.49. The quantitative estimate of drug-likeness (QED) is 0.489. The molecule has 7 nitrogen and oxygen atoms in total. The second-order valence-corrected chi connectivity index (χ2v) is 8.09. The molecule has 0 saturated carbocycles. The van der Waals surface area contributed by atoms with Gasteiger partial charge in [-0.25, -0.2) is 9.97 Å². The van der Waals surface area contributed by atoms with Crippen LogP contribution in [0, 0.1) is 0 Å². The van der Waals surface area contributed by atoms with Crippen LogP contribution in [0.5, 0.6) is 5.88 Å². The second kappa shape index (κ2) is 9.14. The van der Waals surface area contributed by atoms with Crippen molar-refractivity contribution in [2.24, 2.45) is 0 Å². The van der Waals surface area contributed by atoms with E-state index < -0.39 is 0 Å². The third kappa shape index (κ3) is 4.06. The van der Waals surface area contributed by atoms with Crippen molar-refractivity contribution >= 4 is 33.0 Å². The zero-order valence-corrected chi connectivity index (χ0v) is 18.6. The molecule has 0 bridgehead atoms.